The molecule has 1 amide bonds. The molecule has 11 heteroatoms. The highest BCUT2D eigenvalue weighted by Gasteiger charge is 2.36. The smallest absolute Gasteiger partial charge is 0.425 e. The second-order valence-corrected chi connectivity index (χ2v) is 9.34. The van der Waals surface area contributed by atoms with Gasteiger partial charge < -0.3 is 9.47 Å². The van der Waals surface area contributed by atoms with Gasteiger partial charge in [0.05, 0.1) is 10.5 Å². The van der Waals surface area contributed by atoms with Crippen molar-refractivity contribution in [2.24, 2.45) is 0 Å². The van der Waals surface area contributed by atoms with Crippen molar-refractivity contribution in [2.75, 3.05) is 13.2 Å². The van der Waals surface area contributed by atoms with Gasteiger partial charge in [0.2, 0.25) is 0 Å². The summed E-state index contributed by atoms with van der Waals surface area (Å²) in [5, 5.41) is 11.3. The van der Waals surface area contributed by atoms with E-state index in [0.29, 0.717) is 9.87 Å². The zero-order valence-electron chi connectivity index (χ0n) is 18.2. The van der Waals surface area contributed by atoms with Gasteiger partial charge in [-0.25, -0.2) is 18.0 Å². The number of carbonyl (C=O) groups is 2. The highest BCUT2D eigenvalue weighted by atomic mass is 32.2. The van der Waals surface area contributed by atoms with E-state index in [2.05, 4.69) is 11.8 Å². The topological polar surface area (TPSA) is 133 Å². The molecular formula is C22H22N2O8S. The van der Waals surface area contributed by atoms with Gasteiger partial charge in [-0.1, -0.05) is 42.2 Å². The third-order valence-corrected chi connectivity index (χ3v) is 5.62. The first kappa shape index (κ1) is 25.4. The van der Waals surface area contributed by atoms with Crippen LogP contribution in [0, 0.1) is 22.0 Å². The Hall–Kier alpha value is -3.91. The van der Waals surface area contributed by atoms with E-state index in [1.165, 1.54) is 32.9 Å². The van der Waals surface area contributed by atoms with Gasteiger partial charge in [0.1, 0.15) is 12.1 Å². The van der Waals surface area contributed by atoms with Crippen molar-refractivity contribution in [2.45, 2.75) is 31.3 Å². The van der Waals surface area contributed by atoms with E-state index < -0.39 is 49.7 Å². The molecule has 0 aliphatic carbocycles. The molecule has 174 valence electrons. The number of hydrogen-bond donors (Lipinski definition) is 0. The van der Waals surface area contributed by atoms with Gasteiger partial charge in [-0.2, -0.15) is 4.31 Å². The second kappa shape index (κ2) is 10.6. The van der Waals surface area contributed by atoms with Crippen molar-refractivity contribution in [1.82, 2.24) is 4.31 Å². The monoisotopic (exact) mass is 474 g/mol. The van der Waals surface area contributed by atoms with Gasteiger partial charge in [0.15, 0.2) is 11.5 Å². The number of benzene rings is 2. The zero-order chi connectivity index (χ0) is 24.6. The lowest BCUT2D eigenvalue weighted by molar-refractivity contribution is -0.387. The van der Waals surface area contributed by atoms with Crippen LogP contribution in [0.1, 0.15) is 31.1 Å². The van der Waals surface area contributed by atoms with Gasteiger partial charge in [0, 0.05) is 6.07 Å². The Morgan fingerprint density at radius 1 is 1.03 bits per heavy atom. The van der Waals surface area contributed by atoms with Crippen LogP contribution in [0.15, 0.2) is 59.5 Å². The number of nitrogens with zero attached hydrogens (tertiary/aromatic N) is 2. The molecule has 0 bridgehead atoms. The lowest BCUT2D eigenvalue weighted by Gasteiger charge is -2.25. The van der Waals surface area contributed by atoms with E-state index in [-0.39, 0.29) is 6.61 Å². The van der Waals surface area contributed by atoms with Gasteiger partial charge in [0.25, 0.3) is 15.7 Å². The lowest BCUT2D eigenvalue weighted by Crippen LogP contribution is -2.41. The number of hydrogen-bond acceptors (Lipinski definition) is 8. The molecule has 0 N–H and O–H groups in total. The molecule has 0 radical (unpaired) electrons. The van der Waals surface area contributed by atoms with Gasteiger partial charge in [-0.05, 0) is 39.0 Å². The van der Waals surface area contributed by atoms with E-state index in [1.54, 1.807) is 30.3 Å². The normalized spacial score (nSPS) is 11.0. The number of ether oxygens (including phenoxy) is 2. The molecule has 0 fully saturated rings. The summed E-state index contributed by atoms with van der Waals surface area (Å²) in [7, 11) is -4.69. The summed E-state index contributed by atoms with van der Waals surface area (Å²) < 4.78 is 36.6. The van der Waals surface area contributed by atoms with Crippen LogP contribution in [0.5, 0.6) is 0 Å². The molecule has 0 atom stereocenters. The zero-order valence-corrected chi connectivity index (χ0v) is 19.0. The first-order valence-electron chi connectivity index (χ1n) is 9.60. The average Bonchev–Trinajstić information content (AvgIpc) is 2.75. The summed E-state index contributed by atoms with van der Waals surface area (Å²) in [6.45, 7) is 3.58. The molecule has 0 saturated heterocycles. The van der Waals surface area contributed by atoms with Crippen molar-refractivity contribution >= 4 is 27.8 Å². The Bertz CT molecular complexity index is 1190. The third kappa shape index (κ3) is 7.05. The molecule has 0 unspecified atom stereocenters. The Labute approximate surface area is 191 Å². The molecule has 2 aromatic rings. The van der Waals surface area contributed by atoms with E-state index in [4.69, 9.17) is 9.47 Å². The largest absolute Gasteiger partial charge is 0.449 e. The minimum atomic E-state index is -4.69. The van der Waals surface area contributed by atoms with E-state index in [9.17, 15) is 28.1 Å². The number of carbonyl (C=O) groups excluding carboxylic acids is 2. The molecule has 0 aliphatic rings. The fraction of sp³-hybridized carbons (Fsp3) is 0.273. The molecule has 0 aromatic heterocycles. The highest BCUT2D eigenvalue weighted by Crippen LogP contribution is 2.27. The predicted octanol–water partition coefficient (Wildman–Crippen LogP) is 3.38. The molecular weight excluding hydrogens is 452 g/mol. The molecule has 33 heavy (non-hydrogen) atoms. The maximum Gasteiger partial charge on any atom is 0.425 e. The first-order valence-corrected chi connectivity index (χ1v) is 11.0. The highest BCUT2D eigenvalue weighted by molar-refractivity contribution is 7.89. The van der Waals surface area contributed by atoms with Gasteiger partial charge in [-0.3, -0.25) is 10.1 Å². The fourth-order valence-electron chi connectivity index (χ4n) is 2.44. The van der Waals surface area contributed by atoms with Crippen LogP contribution in [0.3, 0.4) is 0 Å². The van der Waals surface area contributed by atoms with Gasteiger partial charge in [-0.15, -0.1) is 0 Å². The van der Waals surface area contributed by atoms with Crippen molar-refractivity contribution in [3.63, 3.8) is 0 Å². The number of nitro benzene ring substituents is 1. The molecule has 0 aliphatic heterocycles. The van der Waals surface area contributed by atoms with Crippen molar-refractivity contribution in [3.8, 4) is 11.8 Å². The minimum Gasteiger partial charge on any atom is -0.449 e. The maximum absolute atomic E-state index is 13.1. The lowest BCUT2D eigenvalue weighted by atomic mass is 10.2. The second-order valence-electron chi connectivity index (χ2n) is 7.51. The SMILES string of the molecule is CC(C)(C)OC(=O)N(CC#CCOC(=O)c1ccccc1)S(=O)(=O)c1ccccc1[N+](=O)[O-]. The van der Waals surface area contributed by atoms with Crippen LogP contribution >= 0.6 is 0 Å². The average molecular weight is 474 g/mol. The Morgan fingerprint density at radius 3 is 2.24 bits per heavy atom. The maximum atomic E-state index is 13.1. The van der Waals surface area contributed by atoms with E-state index >= 15 is 0 Å². The number of amides is 1. The predicted molar refractivity (Wildman–Crippen MR) is 118 cm³/mol. The third-order valence-electron chi connectivity index (χ3n) is 3.86. The number of rotatable bonds is 6. The summed E-state index contributed by atoms with van der Waals surface area (Å²) in [5.74, 6) is 4.26. The standard InChI is InChI=1S/C22H22N2O8S/c1-22(2,3)32-21(26)23(33(29,30)19-14-8-7-13-18(19)24(27)28)15-9-10-16-31-20(25)17-11-5-4-6-12-17/h4-8,11-14H,15-16H2,1-3H3. The minimum absolute atomic E-state index is 0.298. The van der Waals surface area contributed by atoms with Crippen molar-refractivity contribution < 1.29 is 32.4 Å². The van der Waals surface area contributed by atoms with Crippen LogP contribution < -0.4 is 0 Å². The number of esters is 1. The van der Waals surface area contributed by atoms with Crippen LogP contribution in [0.2, 0.25) is 0 Å². The summed E-state index contributed by atoms with van der Waals surface area (Å²) in [5.41, 5.74) is -1.42. The van der Waals surface area contributed by atoms with Gasteiger partial charge >= 0.3 is 12.1 Å². The molecule has 10 nitrogen and oxygen atoms in total. The molecule has 2 aromatic carbocycles. The van der Waals surface area contributed by atoms with E-state index in [0.717, 1.165) is 12.1 Å². The summed E-state index contributed by atoms with van der Waals surface area (Å²) >= 11 is 0. The van der Waals surface area contributed by atoms with Crippen LogP contribution in [-0.2, 0) is 19.5 Å². The summed E-state index contributed by atoms with van der Waals surface area (Å²) in [4.78, 5) is 34.3. The van der Waals surface area contributed by atoms with Crippen LogP contribution in [-0.4, -0.2) is 48.5 Å². The Morgan fingerprint density at radius 2 is 1.64 bits per heavy atom. The fourth-order valence-corrected chi connectivity index (χ4v) is 3.81. The Kier molecular flexibility index (Phi) is 8.15. The quantitative estimate of drug-likeness (QED) is 0.269. The molecule has 0 saturated carbocycles. The molecule has 2 rings (SSSR count). The molecule has 0 spiro atoms. The number of sulfonamides is 1. The summed E-state index contributed by atoms with van der Waals surface area (Å²) in [6, 6.07) is 12.8. The molecule has 0 heterocycles. The number of para-hydroxylation sites is 1. The van der Waals surface area contributed by atoms with Crippen molar-refractivity contribution in [3.05, 3.63) is 70.3 Å². The number of nitro groups is 1. The summed E-state index contributed by atoms with van der Waals surface area (Å²) in [6.07, 6.45) is -1.25. The van der Waals surface area contributed by atoms with Crippen molar-refractivity contribution in [1.29, 1.82) is 0 Å². The first-order chi connectivity index (χ1) is 15.4. The van der Waals surface area contributed by atoms with Crippen LogP contribution in [0.25, 0.3) is 0 Å². The van der Waals surface area contributed by atoms with E-state index in [1.807, 2.05) is 0 Å². The van der Waals surface area contributed by atoms with Crippen LogP contribution in [0.4, 0.5) is 10.5 Å². The Balaban J connectivity index is 2.26.